The highest BCUT2D eigenvalue weighted by atomic mass is 32.2. The highest BCUT2D eigenvalue weighted by molar-refractivity contribution is 7.98. The third-order valence-corrected chi connectivity index (χ3v) is 3.21. The maximum Gasteiger partial charge on any atom is 0.330 e. The largest absolute Gasteiger partial charge is 0.461 e. The zero-order chi connectivity index (χ0) is 15.2. The summed E-state index contributed by atoms with van der Waals surface area (Å²) in [7, 11) is 1.73. The van der Waals surface area contributed by atoms with Crippen molar-refractivity contribution in [2.45, 2.75) is 24.8 Å². The molecule has 0 spiro atoms. The second kappa shape index (κ2) is 7.12. The van der Waals surface area contributed by atoms with Crippen LogP contribution >= 0.6 is 11.8 Å². The summed E-state index contributed by atoms with van der Waals surface area (Å²) in [6.45, 7) is 3.82. The quantitative estimate of drug-likeness (QED) is 0.822. The van der Waals surface area contributed by atoms with Gasteiger partial charge >= 0.3 is 12.0 Å². The van der Waals surface area contributed by atoms with E-state index in [0.29, 0.717) is 11.7 Å². The molecule has 0 aliphatic carbocycles. The van der Waals surface area contributed by atoms with Gasteiger partial charge in [0, 0.05) is 11.9 Å². The summed E-state index contributed by atoms with van der Waals surface area (Å²) in [5.41, 5.74) is 0. The first-order chi connectivity index (χ1) is 10.1. The van der Waals surface area contributed by atoms with E-state index in [9.17, 15) is 0 Å². The smallest absolute Gasteiger partial charge is 0.330 e. The Morgan fingerprint density at radius 2 is 1.81 bits per heavy atom. The number of nitrogens with one attached hydrogen (secondary N) is 1. The van der Waals surface area contributed by atoms with E-state index in [4.69, 9.17) is 9.47 Å². The number of hydrogen-bond acceptors (Lipinski definition) is 7. The first kappa shape index (κ1) is 15.4. The summed E-state index contributed by atoms with van der Waals surface area (Å²) < 4.78 is 11.3. The Morgan fingerprint density at radius 3 is 2.48 bits per heavy atom. The van der Waals surface area contributed by atoms with Gasteiger partial charge in [0.1, 0.15) is 5.75 Å². The fourth-order valence-electron chi connectivity index (χ4n) is 1.56. The molecule has 1 heterocycles. The summed E-state index contributed by atoms with van der Waals surface area (Å²) in [6, 6.07) is 8.15. The van der Waals surface area contributed by atoms with Crippen molar-refractivity contribution in [3.63, 3.8) is 0 Å². The molecule has 21 heavy (non-hydrogen) atoms. The van der Waals surface area contributed by atoms with E-state index in [2.05, 4.69) is 20.3 Å². The fourth-order valence-corrected chi connectivity index (χ4v) is 2.09. The maximum absolute atomic E-state index is 5.76. The third-order valence-electron chi connectivity index (χ3n) is 2.43. The Balaban J connectivity index is 2.30. The summed E-state index contributed by atoms with van der Waals surface area (Å²) in [5, 5.41) is 2.87. The molecule has 0 saturated carbocycles. The monoisotopic (exact) mass is 306 g/mol. The molecule has 1 aromatic heterocycles. The fraction of sp³-hybridized carbons (Fsp3) is 0.357. The molecule has 0 amide bonds. The molecule has 0 aliphatic rings. The minimum absolute atomic E-state index is 0.0246. The van der Waals surface area contributed by atoms with Crippen LogP contribution in [-0.2, 0) is 0 Å². The Hall–Kier alpha value is -2.02. The van der Waals surface area contributed by atoms with Crippen molar-refractivity contribution in [1.29, 1.82) is 0 Å². The van der Waals surface area contributed by atoms with Gasteiger partial charge in [0.05, 0.1) is 6.10 Å². The first-order valence-electron chi connectivity index (χ1n) is 6.53. The van der Waals surface area contributed by atoms with E-state index in [1.165, 1.54) is 0 Å². The average molecular weight is 306 g/mol. The minimum Gasteiger partial charge on any atom is -0.461 e. The molecule has 0 atom stereocenters. The molecule has 6 nitrogen and oxygen atoms in total. The van der Waals surface area contributed by atoms with Crippen LogP contribution in [0.1, 0.15) is 13.8 Å². The van der Waals surface area contributed by atoms with Crippen LogP contribution in [0.3, 0.4) is 0 Å². The van der Waals surface area contributed by atoms with Crippen molar-refractivity contribution >= 4 is 17.7 Å². The minimum atomic E-state index is -0.0246. The molecule has 7 heteroatoms. The van der Waals surface area contributed by atoms with Crippen molar-refractivity contribution in [2.24, 2.45) is 0 Å². The lowest BCUT2D eigenvalue weighted by atomic mass is 10.3. The normalized spacial score (nSPS) is 10.5. The molecular formula is C14H18N4O2S. The van der Waals surface area contributed by atoms with Gasteiger partial charge in [-0.25, -0.2) is 0 Å². The summed E-state index contributed by atoms with van der Waals surface area (Å²) in [6.07, 6.45) is 1.96. The molecule has 0 fully saturated rings. The van der Waals surface area contributed by atoms with Gasteiger partial charge in [-0.05, 0) is 32.2 Å². The van der Waals surface area contributed by atoms with Gasteiger partial charge in [-0.15, -0.1) is 16.7 Å². The van der Waals surface area contributed by atoms with Gasteiger partial charge < -0.3 is 14.8 Å². The molecular weight excluding hydrogens is 288 g/mol. The number of hydrogen-bond donors (Lipinski definition) is 1. The number of anilines is 1. The number of para-hydroxylation sites is 1. The lowest BCUT2D eigenvalue weighted by Gasteiger charge is -2.11. The summed E-state index contributed by atoms with van der Waals surface area (Å²) in [4.78, 5) is 13.5. The van der Waals surface area contributed by atoms with E-state index in [1.54, 1.807) is 18.8 Å². The van der Waals surface area contributed by atoms with E-state index >= 15 is 0 Å². The standard InChI is InChI=1S/C14H18N4O2S/c1-9(2)19-13-16-12(15-3)17-14(18-13)20-10-7-5-6-8-11(10)21-4/h5-9H,1-4H3,(H,15,16,17,18). The summed E-state index contributed by atoms with van der Waals surface area (Å²) in [5.74, 6) is 1.10. The van der Waals surface area contributed by atoms with E-state index in [1.807, 2.05) is 44.4 Å². The van der Waals surface area contributed by atoms with Crippen LogP contribution in [-0.4, -0.2) is 34.4 Å². The Bertz CT molecular complexity index is 607. The molecule has 1 N–H and O–H groups in total. The zero-order valence-corrected chi connectivity index (χ0v) is 13.3. The number of benzene rings is 1. The van der Waals surface area contributed by atoms with Gasteiger partial charge in [-0.2, -0.15) is 9.97 Å². The molecule has 0 saturated heterocycles. The number of ether oxygens (including phenoxy) is 2. The topological polar surface area (TPSA) is 69.2 Å². The van der Waals surface area contributed by atoms with Crippen LogP contribution in [0, 0.1) is 0 Å². The van der Waals surface area contributed by atoms with Crippen LogP contribution in [0.2, 0.25) is 0 Å². The molecule has 2 aromatic rings. The van der Waals surface area contributed by atoms with Crippen molar-refractivity contribution in [1.82, 2.24) is 15.0 Å². The number of aromatic nitrogens is 3. The van der Waals surface area contributed by atoms with Gasteiger partial charge in [0.15, 0.2) is 0 Å². The first-order valence-corrected chi connectivity index (χ1v) is 7.76. The molecule has 0 aliphatic heterocycles. The molecule has 0 radical (unpaired) electrons. The molecule has 2 rings (SSSR count). The third kappa shape index (κ3) is 4.22. The second-order valence-corrected chi connectivity index (χ2v) is 5.24. The Labute approximate surface area is 128 Å². The highest BCUT2D eigenvalue weighted by Crippen LogP contribution is 2.30. The van der Waals surface area contributed by atoms with Gasteiger partial charge in [-0.3, -0.25) is 0 Å². The predicted molar refractivity (Wildman–Crippen MR) is 83.4 cm³/mol. The number of thioether (sulfide) groups is 1. The molecule has 0 bridgehead atoms. The highest BCUT2D eigenvalue weighted by Gasteiger charge is 2.11. The van der Waals surface area contributed by atoms with Crippen molar-refractivity contribution in [2.75, 3.05) is 18.6 Å². The molecule has 1 aromatic carbocycles. The van der Waals surface area contributed by atoms with E-state index < -0.39 is 0 Å². The Kier molecular flexibility index (Phi) is 5.21. The van der Waals surface area contributed by atoms with Crippen LogP contribution < -0.4 is 14.8 Å². The molecule has 0 unspecified atom stereocenters. The van der Waals surface area contributed by atoms with Crippen LogP contribution in [0.5, 0.6) is 17.8 Å². The van der Waals surface area contributed by atoms with Gasteiger partial charge in [-0.1, -0.05) is 12.1 Å². The lowest BCUT2D eigenvalue weighted by molar-refractivity contribution is 0.218. The van der Waals surface area contributed by atoms with Crippen LogP contribution in [0.4, 0.5) is 5.95 Å². The van der Waals surface area contributed by atoms with Crippen LogP contribution in [0.15, 0.2) is 29.2 Å². The average Bonchev–Trinajstić information content (AvgIpc) is 2.46. The van der Waals surface area contributed by atoms with E-state index in [0.717, 1.165) is 4.90 Å². The van der Waals surface area contributed by atoms with Gasteiger partial charge in [0.25, 0.3) is 0 Å². The number of nitrogens with zero attached hydrogens (tertiary/aromatic N) is 3. The van der Waals surface area contributed by atoms with E-state index in [-0.39, 0.29) is 18.1 Å². The number of rotatable bonds is 6. The van der Waals surface area contributed by atoms with Crippen LogP contribution in [0.25, 0.3) is 0 Å². The van der Waals surface area contributed by atoms with Crippen molar-refractivity contribution in [3.8, 4) is 17.8 Å². The summed E-state index contributed by atoms with van der Waals surface area (Å²) >= 11 is 1.60. The Morgan fingerprint density at radius 1 is 1.10 bits per heavy atom. The lowest BCUT2D eigenvalue weighted by Crippen LogP contribution is -2.11. The van der Waals surface area contributed by atoms with Crippen molar-refractivity contribution in [3.05, 3.63) is 24.3 Å². The zero-order valence-electron chi connectivity index (χ0n) is 12.5. The maximum atomic E-state index is 5.76. The molecule has 112 valence electrons. The van der Waals surface area contributed by atoms with Crippen molar-refractivity contribution < 1.29 is 9.47 Å². The SMILES string of the molecule is CNc1nc(Oc2ccccc2SC)nc(OC(C)C)n1. The predicted octanol–water partition coefficient (Wildman–Crippen LogP) is 3.21. The van der Waals surface area contributed by atoms with Gasteiger partial charge in [0.2, 0.25) is 5.95 Å². The second-order valence-electron chi connectivity index (χ2n) is 4.39.